The number of halogens is 1. The van der Waals surface area contributed by atoms with Crippen molar-refractivity contribution >= 4 is 27.3 Å². The number of benzene rings is 1. The van der Waals surface area contributed by atoms with Gasteiger partial charge in [-0.05, 0) is 36.4 Å². The van der Waals surface area contributed by atoms with Crippen LogP contribution in [0.25, 0.3) is 5.65 Å². The van der Waals surface area contributed by atoms with Crippen molar-refractivity contribution in [3.05, 3.63) is 75.8 Å². The SMILES string of the molecule is O=c1cc(CN2CCN(S(=O)(=O)c3ccc(Cl)cc3)CC2)nc2ccccn12. The third kappa shape index (κ3) is 3.81. The van der Waals surface area contributed by atoms with Gasteiger partial charge in [0.1, 0.15) is 5.65 Å². The van der Waals surface area contributed by atoms with E-state index in [1.807, 2.05) is 6.07 Å². The van der Waals surface area contributed by atoms with Gasteiger partial charge in [-0.15, -0.1) is 0 Å². The minimum atomic E-state index is -3.53. The van der Waals surface area contributed by atoms with Gasteiger partial charge in [-0.2, -0.15) is 4.31 Å². The van der Waals surface area contributed by atoms with E-state index in [1.54, 1.807) is 30.5 Å². The molecule has 0 spiro atoms. The predicted octanol–water partition coefficient (Wildman–Crippen LogP) is 1.85. The first-order chi connectivity index (χ1) is 13.4. The van der Waals surface area contributed by atoms with Crippen LogP contribution in [0.5, 0.6) is 0 Å². The molecule has 146 valence electrons. The lowest BCUT2D eigenvalue weighted by molar-refractivity contribution is 0.180. The van der Waals surface area contributed by atoms with Crippen LogP contribution < -0.4 is 5.56 Å². The van der Waals surface area contributed by atoms with Crippen molar-refractivity contribution in [2.75, 3.05) is 26.2 Å². The normalized spacial score (nSPS) is 16.5. The van der Waals surface area contributed by atoms with Crippen molar-refractivity contribution in [2.45, 2.75) is 11.4 Å². The molecule has 1 aliphatic heterocycles. The molecule has 2 aromatic heterocycles. The van der Waals surface area contributed by atoms with Crippen molar-refractivity contribution in [2.24, 2.45) is 0 Å². The summed E-state index contributed by atoms with van der Waals surface area (Å²) in [5.74, 6) is 0. The highest BCUT2D eigenvalue weighted by atomic mass is 35.5. The molecular formula is C19H19ClN4O3S. The maximum Gasteiger partial charge on any atom is 0.258 e. The Morgan fingerprint density at radius 3 is 2.43 bits per heavy atom. The van der Waals surface area contributed by atoms with Gasteiger partial charge in [0.05, 0.1) is 10.6 Å². The minimum absolute atomic E-state index is 0.121. The molecule has 9 heteroatoms. The van der Waals surface area contributed by atoms with E-state index in [9.17, 15) is 13.2 Å². The van der Waals surface area contributed by atoms with E-state index < -0.39 is 10.0 Å². The van der Waals surface area contributed by atoms with E-state index in [-0.39, 0.29) is 10.5 Å². The molecular weight excluding hydrogens is 400 g/mol. The highest BCUT2D eigenvalue weighted by Crippen LogP contribution is 2.20. The summed E-state index contributed by atoms with van der Waals surface area (Å²) in [6, 6.07) is 13.2. The topological polar surface area (TPSA) is 75.0 Å². The average Bonchev–Trinajstić information content (AvgIpc) is 2.69. The second-order valence-corrected chi connectivity index (χ2v) is 9.02. The van der Waals surface area contributed by atoms with Gasteiger partial charge in [0.25, 0.3) is 5.56 Å². The summed E-state index contributed by atoms with van der Waals surface area (Å²) in [6.45, 7) is 2.43. The molecule has 3 aromatic rings. The molecule has 3 heterocycles. The first kappa shape index (κ1) is 19.1. The Balaban J connectivity index is 1.44. The molecule has 1 fully saturated rings. The van der Waals surface area contributed by atoms with Gasteiger partial charge in [0.2, 0.25) is 10.0 Å². The molecule has 1 saturated heterocycles. The third-order valence-corrected chi connectivity index (χ3v) is 6.96. The van der Waals surface area contributed by atoms with Crippen molar-refractivity contribution in [3.8, 4) is 0 Å². The maximum absolute atomic E-state index is 12.8. The van der Waals surface area contributed by atoms with Crippen molar-refractivity contribution < 1.29 is 8.42 Å². The van der Waals surface area contributed by atoms with E-state index >= 15 is 0 Å². The molecule has 1 aliphatic rings. The zero-order valence-electron chi connectivity index (χ0n) is 15.0. The molecule has 0 amide bonds. The first-order valence-electron chi connectivity index (χ1n) is 8.89. The zero-order chi connectivity index (χ0) is 19.7. The number of pyridine rings is 1. The standard InChI is InChI=1S/C19H19ClN4O3S/c20-15-4-6-17(7-5-15)28(26,27)23-11-9-22(10-12-23)14-16-13-19(25)24-8-2-1-3-18(24)21-16/h1-8,13H,9-12,14H2. The summed E-state index contributed by atoms with van der Waals surface area (Å²) in [5, 5.41) is 0.502. The van der Waals surface area contributed by atoms with E-state index in [0.29, 0.717) is 49.1 Å². The number of rotatable bonds is 4. The van der Waals surface area contributed by atoms with Crippen LogP contribution >= 0.6 is 11.6 Å². The van der Waals surface area contributed by atoms with Crippen molar-refractivity contribution in [3.63, 3.8) is 0 Å². The number of fused-ring (bicyclic) bond motifs is 1. The van der Waals surface area contributed by atoms with Gasteiger partial charge in [-0.1, -0.05) is 17.7 Å². The fourth-order valence-corrected chi connectivity index (χ4v) is 4.84. The van der Waals surface area contributed by atoms with Crippen LogP contribution in [0.4, 0.5) is 0 Å². The molecule has 0 atom stereocenters. The van der Waals surface area contributed by atoms with Gasteiger partial charge in [0, 0.05) is 50.0 Å². The van der Waals surface area contributed by atoms with Gasteiger partial charge >= 0.3 is 0 Å². The number of hydrogen-bond acceptors (Lipinski definition) is 5. The minimum Gasteiger partial charge on any atom is -0.295 e. The van der Waals surface area contributed by atoms with Gasteiger partial charge < -0.3 is 0 Å². The molecule has 0 radical (unpaired) electrons. The van der Waals surface area contributed by atoms with E-state index in [0.717, 1.165) is 0 Å². The second-order valence-electron chi connectivity index (χ2n) is 6.65. The molecule has 7 nitrogen and oxygen atoms in total. The Morgan fingerprint density at radius 2 is 1.71 bits per heavy atom. The highest BCUT2D eigenvalue weighted by Gasteiger charge is 2.28. The van der Waals surface area contributed by atoms with Crippen LogP contribution in [0.2, 0.25) is 5.02 Å². The predicted molar refractivity (Wildman–Crippen MR) is 107 cm³/mol. The molecule has 4 rings (SSSR count). The molecule has 28 heavy (non-hydrogen) atoms. The Labute approximate surface area is 167 Å². The van der Waals surface area contributed by atoms with E-state index in [4.69, 9.17) is 11.6 Å². The maximum atomic E-state index is 12.8. The van der Waals surface area contributed by atoms with Crippen LogP contribution in [0.3, 0.4) is 0 Å². The number of aromatic nitrogens is 2. The first-order valence-corrected chi connectivity index (χ1v) is 10.7. The number of nitrogens with zero attached hydrogens (tertiary/aromatic N) is 4. The lowest BCUT2D eigenvalue weighted by Crippen LogP contribution is -2.48. The molecule has 0 N–H and O–H groups in total. The molecule has 0 aliphatic carbocycles. The Kier molecular flexibility index (Phi) is 5.20. The molecule has 1 aromatic carbocycles. The fraction of sp³-hybridized carbons (Fsp3) is 0.263. The van der Waals surface area contributed by atoms with Crippen LogP contribution in [-0.2, 0) is 16.6 Å². The fourth-order valence-electron chi connectivity index (χ4n) is 3.30. The Morgan fingerprint density at radius 1 is 1.00 bits per heavy atom. The van der Waals surface area contributed by atoms with Crippen molar-refractivity contribution in [1.82, 2.24) is 18.6 Å². The summed E-state index contributed by atoms with van der Waals surface area (Å²) < 4.78 is 28.5. The van der Waals surface area contributed by atoms with Gasteiger partial charge in [-0.3, -0.25) is 14.1 Å². The lowest BCUT2D eigenvalue weighted by atomic mass is 10.3. The Bertz CT molecular complexity index is 1150. The Hall–Kier alpha value is -2.26. The van der Waals surface area contributed by atoms with Gasteiger partial charge in [-0.25, -0.2) is 13.4 Å². The summed E-state index contributed by atoms with van der Waals surface area (Å²) in [7, 11) is -3.53. The monoisotopic (exact) mass is 418 g/mol. The van der Waals surface area contributed by atoms with Crippen LogP contribution in [-0.4, -0.2) is 53.2 Å². The van der Waals surface area contributed by atoms with Crippen molar-refractivity contribution in [1.29, 1.82) is 0 Å². The second kappa shape index (κ2) is 7.63. The molecule has 0 saturated carbocycles. The molecule has 0 bridgehead atoms. The zero-order valence-corrected chi connectivity index (χ0v) is 16.6. The quantitative estimate of drug-likeness (QED) is 0.646. The van der Waals surface area contributed by atoms with Crippen LogP contribution in [0, 0.1) is 0 Å². The van der Waals surface area contributed by atoms with Crippen LogP contribution in [0.1, 0.15) is 5.69 Å². The summed E-state index contributed by atoms with van der Waals surface area (Å²) in [6.07, 6.45) is 1.69. The number of hydrogen-bond donors (Lipinski definition) is 0. The van der Waals surface area contributed by atoms with Crippen LogP contribution in [0.15, 0.2) is 64.4 Å². The molecule has 0 unspecified atom stereocenters. The van der Waals surface area contributed by atoms with E-state index in [2.05, 4.69) is 9.88 Å². The highest BCUT2D eigenvalue weighted by molar-refractivity contribution is 7.89. The van der Waals surface area contributed by atoms with E-state index in [1.165, 1.54) is 26.9 Å². The summed E-state index contributed by atoms with van der Waals surface area (Å²) >= 11 is 5.85. The lowest BCUT2D eigenvalue weighted by Gasteiger charge is -2.33. The number of piperazine rings is 1. The largest absolute Gasteiger partial charge is 0.295 e. The third-order valence-electron chi connectivity index (χ3n) is 4.79. The summed E-state index contributed by atoms with van der Waals surface area (Å²) in [4.78, 5) is 19.1. The smallest absolute Gasteiger partial charge is 0.258 e. The number of sulfonamides is 1. The van der Waals surface area contributed by atoms with Gasteiger partial charge in [0.15, 0.2) is 0 Å². The average molecular weight is 419 g/mol. The summed E-state index contributed by atoms with van der Waals surface area (Å²) in [5.41, 5.74) is 1.17.